The van der Waals surface area contributed by atoms with Crippen molar-refractivity contribution in [1.82, 2.24) is 19.7 Å². The Morgan fingerprint density at radius 2 is 2.11 bits per heavy atom. The molecule has 1 aromatic carbocycles. The first kappa shape index (κ1) is 20.1. The van der Waals surface area contributed by atoms with Crippen molar-refractivity contribution in [3.05, 3.63) is 46.1 Å². The van der Waals surface area contributed by atoms with Crippen LogP contribution in [0.1, 0.15) is 5.56 Å². The molecule has 3 rings (SSSR count). The van der Waals surface area contributed by atoms with E-state index < -0.39 is 6.09 Å². The zero-order valence-corrected chi connectivity index (χ0v) is 17.4. The van der Waals surface area contributed by atoms with Crippen LogP contribution in [0.25, 0.3) is 5.65 Å². The predicted octanol–water partition coefficient (Wildman–Crippen LogP) is 3.08. The smallest absolute Gasteiger partial charge is 0.404 e. The summed E-state index contributed by atoms with van der Waals surface area (Å²) >= 11 is 2.23. The van der Waals surface area contributed by atoms with Crippen LogP contribution < -0.4 is 16.0 Å². The molecule has 0 unspecified atom stereocenters. The van der Waals surface area contributed by atoms with Gasteiger partial charge in [-0.25, -0.2) is 14.8 Å². The van der Waals surface area contributed by atoms with E-state index in [0.717, 1.165) is 26.3 Å². The number of hydrogen-bond donors (Lipinski definition) is 4. The second-order valence-corrected chi connectivity index (χ2v) is 7.08. The average molecular weight is 496 g/mol. The minimum absolute atomic E-state index is 0.283. The summed E-state index contributed by atoms with van der Waals surface area (Å²) in [4.78, 5) is 19.1. The Bertz CT molecular complexity index is 962. The van der Waals surface area contributed by atoms with E-state index in [9.17, 15) is 4.79 Å². The molecule has 1 amide bonds. The molecule has 0 spiro atoms. The fraction of sp³-hybridized carbons (Fsp3) is 0.278. The summed E-state index contributed by atoms with van der Waals surface area (Å²) in [5.74, 6) is 0.703. The van der Waals surface area contributed by atoms with Crippen LogP contribution in [0.5, 0.6) is 0 Å². The first-order valence-corrected chi connectivity index (χ1v) is 9.76. The Kier molecular flexibility index (Phi) is 6.87. The molecule has 0 radical (unpaired) electrons. The standard InChI is InChI=1S/C18H21IN6O3/c1-12-10-13(24-16-17-23-11-15(19)25(17)7-4-21-16)2-3-14(12)20-5-8-28-9-6-22-18(26)27/h2-4,7,10-11,20,22H,5-6,8-9H2,1H3,(H,21,24)(H,26,27). The Balaban J connectivity index is 1.53. The van der Waals surface area contributed by atoms with Crippen molar-refractivity contribution in [2.45, 2.75) is 6.92 Å². The Labute approximate surface area is 175 Å². The van der Waals surface area contributed by atoms with E-state index in [-0.39, 0.29) is 6.54 Å². The molecule has 28 heavy (non-hydrogen) atoms. The van der Waals surface area contributed by atoms with E-state index in [0.29, 0.717) is 25.6 Å². The third kappa shape index (κ3) is 5.23. The molecule has 0 atom stereocenters. The normalized spacial score (nSPS) is 10.8. The third-order valence-electron chi connectivity index (χ3n) is 3.96. The maximum Gasteiger partial charge on any atom is 0.404 e. The highest BCUT2D eigenvalue weighted by Gasteiger charge is 2.08. The van der Waals surface area contributed by atoms with Crippen LogP contribution >= 0.6 is 22.6 Å². The number of aromatic nitrogens is 3. The molecule has 0 aliphatic heterocycles. The number of hydrogen-bond acceptors (Lipinski definition) is 6. The fourth-order valence-corrected chi connectivity index (χ4v) is 3.17. The maximum absolute atomic E-state index is 10.3. The number of benzene rings is 1. The van der Waals surface area contributed by atoms with Crippen LogP contribution in [0.15, 0.2) is 36.8 Å². The van der Waals surface area contributed by atoms with Gasteiger partial charge in [0.1, 0.15) is 3.70 Å². The van der Waals surface area contributed by atoms with E-state index >= 15 is 0 Å². The number of rotatable bonds is 9. The van der Waals surface area contributed by atoms with Gasteiger partial charge in [-0.1, -0.05) is 0 Å². The lowest BCUT2D eigenvalue weighted by Gasteiger charge is -2.13. The van der Waals surface area contributed by atoms with Gasteiger partial charge >= 0.3 is 6.09 Å². The van der Waals surface area contributed by atoms with E-state index in [1.165, 1.54) is 0 Å². The van der Waals surface area contributed by atoms with Crippen molar-refractivity contribution in [1.29, 1.82) is 0 Å². The van der Waals surface area contributed by atoms with Crippen LogP contribution in [0.3, 0.4) is 0 Å². The lowest BCUT2D eigenvalue weighted by Crippen LogP contribution is -2.25. The largest absolute Gasteiger partial charge is 0.465 e. The zero-order chi connectivity index (χ0) is 19.9. The fourth-order valence-electron chi connectivity index (χ4n) is 2.64. The first-order valence-electron chi connectivity index (χ1n) is 8.68. The number of ether oxygens (including phenoxy) is 1. The number of nitrogens with one attached hydrogen (secondary N) is 3. The second-order valence-electron chi connectivity index (χ2n) is 5.98. The molecule has 148 valence electrons. The predicted molar refractivity (Wildman–Crippen MR) is 116 cm³/mol. The highest BCUT2D eigenvalue weighted by Crippen LogP contribution is 2.24. The molecular weight excluding hydrogens is 475 g/mol. The van der Waals surface area contributed by atoms with Crippen molar-refractivity contribution >= 4 is 51.5 Å². The van der Waals surface area contributed by atoms with Gasteiger partial charge in [0.15, 0.2) is 11.5 Å². The van der Waals surface area contributed by atoms with Crippen LogP contribution in [0.2, 0.25) is 0 Å². The molecule has 2 aromatic heterocycles. The Morgan fingerprint density at radius 3 is 2.89 bits per heavy atom. The van der Waals surface area contributed by atoms with Gasteiger partial charge in [-0.2, -0.15) is 0 Å². The van der Waals surface area contributed by atoms with Crippen molar-refractivity contribution in [2.24, 2.45) is 0 Å². The van der Waals surface area contributed by atoms with Crippen LogP contribution in [-0.2, 0) is 4.74 Å². The molecule has 3 aromatic rings. The van der Waals surface area contributed by atoms with Crippen LogP contribution in [-0.4, -0.2) is 51.9 Å². The van der Waals surface area contributed by atoms with Crippen molar-refractivity contribution in [3.63, 3.8) is 0 Å². The second kappa shape index (κ2) is 9.55. The van der Waals surface area contributed by atoms with E-state index in [1.807, 2.05) is 35.7 Å². The molecule has 9 nitrogen and oxygen atoms in total. The van der Waals surface area contributed by atoms with Gasteiger partial charge in [0.05, 0.1) is 19.4 Å². The molecule has 0 aliphatic carbocycles. The number of halogens is 1. The van der Waals surface area contributed by atoms with E-state index in [2.05, 4.69) is 48.5 Å². The van der Waals surface area contributed by atoms with Crippen molar-refractivity contribution in [2.75, 3.05) is 36.9 Å². The maximum atomic E-state index is 10.3. The number of carbonyl (C=O) groups is 1. The summed E-state index contributed by atoms with van der Waals surface area (Å²) < 4.78 is 8.37. The van der Waals surface area contributed by atoms with Crippen LogP contribution in [0, 0.1) is 10.6 Å². The quantitative estimate of drug-likeness (QED) is 0.266. The lowest BCUT2D eigenvalue weighted by atomic mass is 10.1. The molecule has 0 aliphatic rings. The van der Waals surface area contributed by atoms with Gasteiger partial charge in [-0.05, 0) is 53.3 Å². The summed E-state index contributed by atoms with van der Waals surface area (Å²) in [6.45, 7) is 3.78. The summed E-state index contributed by atoms with van der Waals surface area (Å²) in [5.41, 5.74) is 3.81. The monoisotopic (exact) mass is 496 g/mol. The molecule has 0 bridgehead atoms. The van der Waals surface area contributed by atoms with E-state index in [1.54, 1.807) is 12.4 Å². The summed E-state index contributed by atoms with van der Waals surface area (Å²) in [7, 11) is 0. The van der Waals surface area contributed by atoms with Gasteiger partial charge in [0.25, 0.3) is 0 Å². The molecule has 2 heterocycles. The number of imidazole rings is 1. The highest BCUT2D eigenvalue weighted by atomic mass is 127. The van der Waals surface area contributed by atoms with Gasteiger partial charge in [0, 0.05) is 36.9 Å². The van der Waals surface area contributed by atoms with Crippen molar-refractivity contribution < 1.29 is 14.6 Å². The number of nitrogens with zero attached hydrogens (tertiary/aromatic N) is 3. The molecule has 0 fully saturated rings. The van der Waals surface area contributed by atoms with Gasteiger partial charge < -0.3 is 25.8 Å². The lowest BCUT2D eigenvalue weighted by molar-refractivity contribution is 0.141. The molecular formula is C18H21IN6O3. The van der Waals surface area contributed by atoms with Gasteiger partial charge in [0.2, 0.25) is 0 Å². The SMILES string of the molecule is Cc1cc(Nc2nccn3c(I)cnc23)ccc1NCCOCCNC(=O)O. The van der Waals surface area contributed by atoms with Crippen LogP contribution in [0.4, 0.5) is 22.0 Å². The van der Waals surface area contributed by atoms with Gasteiger partial charge in [-0.15, -0.1) is 0 Å². The zero-order valence-electron chi connectivity index (χ0n) is 15.3. The Hall–Kier alpha value is -2.60. The molecule has 4 N–H and O–H groups in total. The highest BCUT2D eigenvalue weighted by molar-refractivity contribution is 14.1. The molecule has 0 saturated heterocycles. The molecule has 10 heteroatoms. The number of aryl methyl sites for hydroxylation is 1. The minimum atomic E-state index is -1.04. The topological polar surface area (TPSA) is 113 Å². The summed E-state index contributed by atoms with van der Waals surface area (Å²) in [6, 6.07) is 6.02. The Morgan fingerprint density at radius 1 is 1.29 bits per heavy atom. The first-order chi connectivity index (χ1) is 13.5. The van der Waals surface area contributed by atoms with Gasteiger partial charge in [-0.3, -0.25) is 4.40 Å². The summed E-state index contributed by atoms with van der Waals surface area (Å²) in [5, 5.41) is 17.4. The minimum Gasteiger partial charge on any atom is -0.465 e. The number of amides is 1. The van der Waals surface area contributed by atoms with Crippen molar-refractivity contribution in [3.8, 4) is 0 Å². The summed E-state index contributed by atoms with van der Waals surface area (Å²) in [6.07, 6.45) is 4.39. The molecule has 0 saturated carbocycles. The number of carboxylic acid groups (broad SMARTS) is 1. The third-order valence-corrected chi connectivity index (χ3v) is 4.75. The number of anilines is 3. The average Bonchev–Trinajstić information content (AvgIpc) is 3.04. The number of fused-ring (bicyclic) bond motifs is 1. The van der Waals surface area contributed by atoms with E-state index in [4.69, 9.17) is 9.84 Å².